The molecule has 450 valence electrons. The van der Waals surface area contributed by atoms with Crippen LogP contribution in [0.2, 0.25) is 0 Å². The van der Waals surface area contributed by atoms with Gasteiger partial charge in [-0.05, 0) is 109 Å². The Morgan fingerprint density at radius 1 is 0.474 bits per heavy atom. The lowest BCUT2D eigenvalue weighted by molar-refractivity contribution is -0.302. The summed E-state index contributed by atoms with van der Waals surface area (Å²) in [6.45, 7) is 4.18. The molecule has 11 nitrogen and oxygen atoms in total. The summed E-state index contributed by atoms with van der Waals surface area (Å²) < 4.78 is 16.7. The second kappa shape index (κ2) is 55.7. The van der Waals surface area contributed by atoms with Gasteiger partial charge in [0.15, 0.2) is 6.29 Å². The molecule has 0 radical (unpaired) electrons. The lowest BCUT2D eigenvalue weighted by Gasteiger charge is -2.40. The van der Waals surface area contributed by atoms with Gasteiger partial charge in [0.05, 0.1) is 32.0 Å². The van der Waals surface area contributed by atoms with Crippen LogP contribution < -0.4 is 5.32 Å². The maximum absolute atomic E-state index is 13.0. The molecule has 0 spiro atoms. The number of unbranched alkanes of at least 4 members (excludes halogenated alkanes) is 28. The molecule has 0 bridgehead atoms. The summed E-state index contributed by atoms with van der Waals surface area (Å²) in [4.78, 5) is 25.1. The summed E-state index contributed by atoms with van der Waals surface area (Å²) in [5, 5.41) is 54.3. The predicted octanol–water partition coefficient (Wildman–Crippen LogP) is 15.3. The fourth-order valence-electron chi connectivity index (χ4n) is 9.34. The average Bonchev–Trinajstić information content (AvgIpc) is 3.44. The molecule has 11 heteroatoms. The highest BCUT2D eigenvalue weighted by molar-refractivity contribution is 5.76. The highest BCUT2D eigenvalue weighted by Gasteiger charge is 2.44. The summed E-state index contributed by atoms with van der Waals surface area (Å²) in [5.41, 5.74) is 0. The van der Waals surface area contributed by atoms with E-state index in [9.17, 15) is 35.1 Å². The molecule has 1 rings (SSSR count). The molecule has 1 aliphatic heterocycles. The fourth-order valence-corrected chi connectivity index (χ4v) is 9.34. The highest BCUT2D eigenvalue weighted by Crippen LogP contribution is 2.23. The van der Waals surface area contributed by atoms with Gasteiger partial charge in [-0.25, -0.2) is 0 Å². The largest absolute Gasteiger partial charge is 0.466 e. The molecule has 1 aliphatic rings. The number of hydrogen-bond acceptors (Lipinski definition) is 10. The third-order valence-corrected chi connectivity index (χ3v) is 14.4. The minimum atomic E-state index is -1.58. The van der Waals surface area contributed by atoms with Crippen molar-refractivity contribution in [1.82, 2.24) is 5.32 Å². The van der Waals surface area contributed by atoms with Crippen LogP contribution >= 0.6 is 0 Å². The summed E-state index contributed by atoms with van der Waals surface area (Å²) >= 11 is 0. The first kappa shape index (κ1) is 72.9. The first-order chi connectivity index (χ1) is 38.2. The Morgan fingerprint density at radius 3 is 1.38 bits per heavy atom. The van der Waals surface area contributed by atoms with Crippen molar-refractivity contribution < 1.29 is 49.3 Å². The molecule has 0 aliphatic carbocycles. The third kappa shape index (κ3) is 44.6. The first-order valence-electron chi connectivity index (χ1n) is 31.9. The van der Waals surface area contributed by atoms with Crippen LogP contribution in [0.4, 0.5) is 0 Å². The van der Waals surface area contributed by atoms with E-state index in [1.54, 1.807) is 6.08 Å². The Labute approximate surface area is 476 Å². The van der Waals surface area contributed by atoms with Crippen molar-refractivity contribution in [1.29, 1.82) is 0 Å². The number of carbonyl (C=O) groups is 2. The van der Waals surface area contributed by atoms with Crippen LogP contribution in [0.1, 0.15) is 264 Å². The zero-order valence-corrected chi connectivity index (χ0v) is 49.6. The Morgan fingerprint density at radius 2 is 0.897 bits per heavy atom. The van der Waals surface area contributed by atoms with Crippen molar-refractivity contribution in [2.24, 2.45) is 0 Å². The molecule has 7 atom stereocenters. The minimum absolute atomic E-state index is 0.0180. The van der Waals surface area contributed by atoms with Gasteiger partial charge in [-0.1, -0.05) is 227 Å². The second-order valence-corrected chi connectivity index (χ2v) is 21.7. The Hall–Kier alpha value is -3.16. The number of esters is 1. The van der Waals surface area contributed by atoms with Gasteiger partial charge in [0.2, 0.25) is 5.91 Å². The SMILES string of the molecule is CCC/C=C/CC/C=C/CC/C=C/C(O)C(COC1OC(CO)C(O)C(O)C1O)NC(=O)CCCCCCCCCCC/C=C\C/C=C\CCCCCCCCCCCOC(=O)CCCCCCC/C=C\C/C=C\CCCC. The van der Waals surface area contributed by atoms with E-state index < -0.39 is 49.5 Å². The van der Waals surface area contributed by atoms with Crippen LogP contribution in [0.3, 0.4) is 0 Å². The molecule has 78 heavy (non-hydrogen) atoms. The van der Waals surface area contributed by atoms with Crippen LogP contribution in [0, 0.1) is 0 Å². The highest BCUT2D eigenvalue weighted by atomic mass is 16.7. The predicted molar refractivity (Wildman–Crippen MR) is 324 cm³/mol. The quantitative estimate of drug-likeness (QED) is 0.0195. The maximum atomic E-state index is 13.0. The van der Waals surface area contributed by atoms with E-state index in [0.717, 1.165) is 116 Å². The zero-order valence-electron chi connectivity index (χ0n) is 49.6. The lowest BCUT2D eigenvalue weighted by Crippen LogP contribution is -2.60. The molecule has 0 aromatic carbocycles. The van der Waals surface area contributed by atoms with Gasteiger partial charge in [0.25, 0.3) is 0 Å². The van der Waals surface area contributed by atoms with Crippen molar-refractivity contribution in [3.8, 4) is 0 Å². The first-order valence-corrected chi connectivity index (χ1v) is 31.9. The van der Waals surface area contributed by atoms with Crippen molar-refractivity contribution in [2.45, 2.75) is 307 Å². The summed E-state index contributed by atoms with van der Waals surface area (Å²) in [6.07, 6.45) is 65.5. The number of ether oxygens (including phenoxy) is 3. The number of nitrogens with one attached hydrogen (secondary N) is 1. The Balaban J connectivity index is 2.03. The number of rotatable bonds is 54. The van der Waals surface area contributed by atoms with Crippen molar-refractivity contribution >= 4 is 11.9 Å². The number of carbonyl (C=O) groups excluding carboxylic acids is 2. The minimum Gasteiger partial charge on any atom is -0.466 e. The molecule has 0 aromatic heterocycles. The number of hydrogen-bond donors (Lipinski definition) is 6. The van der Waals surface area contributed by atoms with Crippen LogP contribution in [-0.4, -0.2) is 100 Å². The van der Waals surface area contributed by atoms with Crippen molar-refractivity contribution in [3.05, 3.63) is 85.1 Å². The molecule has 7 unspecified atom stereocenters. The molecule has 6 N–H and O–H groups in total. The molecule has 0 aromatic rings. The number of allylic oxidation sites excluding steroid dienone is 13. The average molecular weight is 1100 g/mol. The van der Waals surface area contributed by atoms with E-state index in [1.807, 2.05) is 6.08 Å². The van der Waals surface area contributed by atoms with E-state index in [0.29, 0.717) is 19.4 Å². The van der Waals surface area contributed by atoms with E-state index in [2.05, 4.69) is 92.1 Å². The Bertz CT molecular complexity index is 1570. The van der Waals surface area contributed by atoms with Gasteiger partial charge < -0.3 is 45.1 Å². The lowest BCUT2D eigenvalue weighted by atomic mass is 9.99. The standard InChI is InChI=1S/C67H117NO10/c1-3-5-7-9-11-13-15-16-31-35-39-43-47-51-55-63(72)76-56-52-48-44-40-36-32-29-27-25-23-21-19-17-18-20-22-24-26-28-30-34-38-42-46-50-54-62(71)68-59(58-77-67-66(75)65(74)64(73)61(57-69)78-67)60(70)53-49-45-41-37-33-14-12-10-8-6-4-2/h8-11,15-16,18-21,33,37,49,53,59-61,64-67,69-70,73-75H,3-7,12-14,17,22-32,34-36,38-48,50-52,54-58H2,1-2H3,(H,68,71)/b10-8+,11-9-,16-15-,20-18-,21-19-,37-33+,53-49+. The zero-order chi connectivity index (χ0) is 56.6. The van der Waals surface area contributed by atoms with E-state index >= 15 is 0 Å². The fraction of sp³-hybridized carbons (Fsp3) is 0.761. The van der Waals surface area contributed by atoms with E-state index in [4.69, 9.17) is 14.2 Å². The number of aliphatic hydroxyl groups excluding tert-OH is 5. The van der Waals surface area contributed by atoms with E-state index in [-0.39, 0.29) is 18.5 Å². The molecule has 1 fully saturated rings. The van der Waals surface area contributed by atoms with Crippen LogP contribution in [0.5, 0.6) is 0 Å². The van der Waals surface area contributed by atoms with Crippen LogP contribution in [0.25, 0.3) is 0 Å². The van der Waals surface area contributed by atoms with Crippen molar-refractivity contribution in [3.63, 3.8) is 0 Å². The van der Waals surface area contributed by atoms with Gasteiger partial charge in [-0.15, -0.1) is 0 Å². The van der Waals surface area contributed by atoms with Gasteiger partial charge in [-0.3, -0.25) is 9.59 Å². The smallest absolute Gasteiger partial charge is 0.305 e. The molecular weight excluding hydrogens is 979 g/mol. The number of amides is 1. The van der Waals surface area contributed by atoms with Gasteiger partial charge in [0, 0.05) is 12.8 Å². The van der Waals surface area contributed by atoms with Crippen molar-refractivity contribution in [2.75, 3.05) is 19.8 Å². The normalized spacial score (nSPS) is 19.1. The molecular formula is C67H117NO10. The maximum Gasteiger partial charge on any atom is 0.305 e. The topological polar surface area (TPSA) is 175 Å². The van der Waals surface area contributed by atoms with Crippen LogP contribution in [-0.2, 0) is 23.8 Å². The van der Waals surface area contributed by atoms with E-state index in [1.165, 1.54) is 122 Å². The third-order valence-electron chi connectivity index (χ3n) is 14.4. The Kier molecular flexibility index (Phi) is 52.1. The molecule has 0 saturated carbocycles. The summed E-state index contributed by atoms with van der Waals surface area (Å²) in [6, 6.07) is -0.841. The summed E-state index contributed by atoms with van der Waals surface area (Å²) in [5.74, 6) is -0.224. The van der Waals surface area contributed by atoms with Gasteiger partial charge in [-0.2, -0.15) is 0 Å². The van der Waals surface area contributed by atoms with Crippen LogP contribution in [0.15, 0.2) is 85.1 Å². The van der Waals surface area contributed by atoms with Gasteiger partial charge in [0.1, 0.15) is 24.4 Å². The monoisotopic (exact) mass is 1100 g/mol. The molecule has 1 heterocycles. The molecule has 1 saturated heterocycles. The molecule has 1 amide bonds. The summed E-state index contributed by atoms with van der Waals surface area (Å²) in [7, 11) is 0. The second-order valence-electron chi connectivity index (χ2n) is 21.7. The van der Waals surface area contributed by atoms with Gasteiger partial charge >= 0.3 is 5.97 Å². The number of aliphatic hydroxyl groups is 5.